The van der Waals surface area contributed by atoms with Crippen LogP contribution in [0.3, 0.4) is 0 Å². The molecule has 5 heteroatoms. The molecular weight excluding hydrogens is 288 g/mol. The van der Waals surface area contributed by atoms with Gasteiger partial charge >= 0.3 is 0 Å². The van der Waals surface area contributed by atoms with Crippen LogP contribution in [0.1, 0.15) is 26.3 Å². The Bertz CT molecular complexity index is 571. The minimum absolute atomic E-state index is 0.0262. The number of halogens is 1. The van der Waals surface area contributed by atoms with Crippen molar-refractivity contribution in [2.24, 2.45) is 5.92 Å². The molecule has 1 heterocycles. The normalized spacial score (nSPS) is 19.3. The van der Waals surface area contributed by atoms with Crippen LogP contribution in [-0.4, -0.2) is 35.8 Å². The first-order chi connectivity index (χ1) is 9.84. The Hall–Kier alpha value is -1.55. The predicted molar refractivity (Wildman–Crippen MR) is 84.6 cm³/mol. The zero-order valence-electron chi connectivity index (χ0n) is 12.9. The van der Waals surface area contributed by atoms with Gasteiger partial charge < -0.3 is 9.80 Å². The van der Waals surface area contributed by atoms with Crippen molar-refractivity contribution in [3.05, 3.63) is 28.8 Å². The Morgan fingerprint density at radius 1 is 1.33 bits per heavy atom. The van der Waals surface area contributed by atoms with Gasteiger partial charge in [-0.2, -0.15) is 0 Å². The van der Waals surface area contributed by atoms with E-state index >= 15 is 0 Å². The molecule has 0 aliphatic carbocycles. The quantitative estimate of drug-likeness (QED) is 0.843. The first-order valence-electron chi connectivity index (χ1n) is 7.21. The Balaban J connectivity index is 2.26. The predicted octanol–water partition coefficient (Wildman–Crippen LogP) is 2.87. The summed E-state index contributed by atoms with van der Waals surface area (Å²) in [5.41, 5.74) is 1.72. The number of carbonyl (C=O) groups excluding carboxylic acids is 2. The molecule has 1 fully saturated rings. The van der Waals surface area contributed by atoms with Gasteiger partial charge in [-0.1, -0.05) is 31.5 Å². The number of nitrogens with zero attached hydrogens (tertiary/aromatic N) is 2. The standard InChI is InChI=1S/C16H21ClN2O2/c1-10(2)15(20)18-8-9-19(16(21)12(18)4)14-7-5-6-13(17)11(14)3/h5-7,10,12H,8-9H2,1-4H3/t12-/m1/s1. The average Bonchev–Trinajstić information content (AvgIpc) is 2.44. The maximum absolute atomic E-state index is 12.6. The number of anilines is 1. The van der Waals surface area contributed by atoms with Crippen molar-refractivity contribution < 1.29 is 9.59 Å². The summed E-state index contributed by atoms with van der Waals surface area (Å²) in [4.78, 5) is 28.2. The Morgan fingerprint density at radius 2 is 2.00 bits per heavy atom. The fraction of sp³-hybridized carbons (Fsp3) is 0.500. The third-order valence-electron chi connectivity index (χ3n) is 3.96. The summed E-state index contributed by atoms with van der Waals surface area (Å²) in [5.74, 6) is -0.126. The molecular formula is C16H21ClN2O2. The highest BCUT2D eigenvalue weighted by molar-refractivity contribution is 6.31. The maximum Gasteiger partial charge on any atom is 0.249 e. The molecule has 0 aromatic heterocycles. The van der Waals surface area contributed by atoms with E-state index in [-0.39, 0.29) is 17.7 Å². The van der Waals surface area contributed by atoms with Crippen LogP contribution in [0.25, 0.3) is 0 Å². The molecule has 1 saturated heterocycles. The first-order valence-corrected chi connectivity index (χ1v) is 7.59. The molecule has 0 unspecified atom stereocenters. The average molecular weight is 309 g/mol. The number of amides is 2. The molecule has 0 saturated carbocycles. The van der Waals surface area contributed by atoms with Crippen molar-refractivity contribution >= 4 is 29.1 Å². The summed E-state index contributed by atoms with van der Waals surface area (Å²) in [6, 6.07) is 5.11. The summed E-state index contributed by atoms with van der Waals surface area (Å²) in [5, 5.41) is 0.647. The van der Waals surface area contributed by atoms with Gasteiger partial charge in [0, 0.05) is 29.7 Å². The minimum atomic E-state index is -0.438. The van der Waals surface area contributed by atoms with Crippen molar-refractivity contribution in [3.63, 3.8) is 0 Å². The van der Waals surface area contributed by atoms with Gasteiger partial charge in [0.2, 0.25) is 11.8 Å². The number of hydrogen-bond donors (Lipinski definition) is 0. The second-order valence-corrected chi connectivity index (χ2v) is 6.14. The summed E-state index contributed by atoms with van der Waals surface area (Å²) >= 11 is 6.14. The van der Waals surface area contributed by atoms with Gasteiger partial charge in [0.15, 0.2) is 0 Å². The van der Waals surface area contributed by atoms with E-state index in [1.807, 2.05) is 39.0 Å². The van der Waals surface area contributed by atoms with E-state index in [0.717, 1.165) is 11.3 Å². The monoisotopic (exact) mass is 308 g/mol. The molecule has 21 heavy (non-hydrogen) atoms. The van der Waals surface area contributed by atoms with Crippen molar-refractivity contribution in [1.82, 2.24) is 4.90 Å². The summed E-state index contributed by atoms with van der Waals surface area (Å²) in [6.45, 7) is 8.45. The van der Waals surface area contributed by atoms with Crippen LogP contribution in [0.5, 0.6) is 0 Å². The molecule has 1 aromatic rings. The highest BCUT2D eigenvalue weighted by Crippen LogP contribution is 2.29. The molecule has 1 aliphatic rings. The van der Waals surface area contributed by atoms with Crippen LogP contribution < -0.4 is 4.90 Å². The van der Waals surface area contributed by atoms with Crippen molar-refractivity contribution in [2.45, 2.75) is 33.7 Å². The molecule has 2 amide bonds. The van der Waals surface area contributed by atoms with E-state index in [0.29, 0.717) is 18.1 Å². The van der Waals surface area contributed by atoms with E-state index in [4.69, 9.17) is 11.6 Å². The zero-order chi connectivity index (χ0) is 15.7. The van der Waals surface area contributed by atoms with E-state index in [9.17, 15) is 9.59 Å². The molecule has 0 radical (unpaired) electrons. The minimum Gasteiger partial charge on any atom is -0.329 e. The number of piperazine rings is 1. The van der Waals surface area contributed by atoms with Crippen molar-refractivity contribution in [1.29, 1.82) is 0 Å². The molecule has 114 valence electrons. The van der Waals surface area contributed by atoms with Gasteiger partial charge in [0.05, 0.1) is 0 Å². The lowest BCUT2D eigenvalue weighted by Gasteiger charge is -2.40. The lowest BCUT2D eigenvalue weighted by molar-refractivity contribution is -0.143. The third-order valence-corrected chi connectivity index (χ3v) is 4.37. The Kier molecular flexibility index (Phi) is 4.57. The van der Waals surface area contributed by atoms with Gasteiger partial charge in [-0.15, -0.1) is 0 Å². The molecule has 1 atom stereocenters. The number of rotatable bonds is 2. The molecule has 0 N–H and O–H groups in total. The largest absolute Gasteiger partial charge is 0.329 e. The van der Waals surface area contributed by atoms with Crippen LogP contribution in [0, 0.1) is 12.8 Å². The summed E-state index contributed by atoms with van der Waals surface area (Å²) in [6.07, 6.45) is 0. The van der Waals surface area contributed by atoms with E-state index in [1.54, 1.807) is 16.7 Å². The summed E-state index contributed by atoms with van der Waals surface area (Å²) in [7, 11) is 0. The number of benzene rings is 1. The Morgan fingerprint density at radius 3 is 2.62 bits per heavy atom. The SMILES string of the molecule is Cc1c(Cl)cccc1N1CCN(C(=O)C(C)C)[C@H](C)C1=O. The molecule has 4 nitrogen and oxygen atoms in total. The van der Waals surface area contributed by atoms with E-state index in [1.165, 1.54) is 0 Å². The van der Waals surface area contributed by atoms with Gasteiger partial charge in [0.25, 0.3) is 0 Å². The highest BCUT2D eigenvalue weighted by atomic mass is 35.5. The maximum atomic E-state index is 12.6. The van der Waals surface area contributed by atoms with Gasteiger partial charge in [0.1, 0.15) is 6.04 Å². The van der Waals surface area contributed by atoms with Crippen LogP contribution in [-0.2, 0) is 9.59 Å². The fourth-order valence-corrected chi connectivity index (χ4v) is 2.80. The number of hydrogen-bond acceptors (Lipinski definition) is 2. The van der Waals surface area contributed by atoms with E-state index < -0.39 is 6.04 Å². The van der Waals surface area contributed by atoms with Crippen LogP contribution in [0.4, 0.5) is 5.69 Å². The van der Waals surface area contributed by atoms with Crippen LogP contribution >= 0.6 is 11.6 Å². The van der Waals surface area contributed by atoms with Gasteiger partial charge in [-0.3, -0.25) is 9.59 Å². The zero-order valence-corrected chi connectivity index (χ0v) is 13.6. The molecule has 0 bridgehead atoms. The molecule has 2 rings (SSSR count). The second-order valence-electron chi connectivity index (χ2n) is 5.74. The van der Waals surface area contributed by atoms with Crippen molar-refractivity contribution in [3.8, 4) is 0 Å². The Labute approximate surface area is 130 Å². The first kappa shape index (κ1) is 15.8. The lowest BCUT2D eigenvalue weighted by atomic mass is 10.1. The third kappa shape index (κ3) is 2.91. The van der Waals surface area contributed by atoms with Gasteiger partial charge in [-0.25, -0.2) is 0 Å². The smallest absolute Gasteiger partial charge is 0.249 e. The topological polar surface area (TPSA) is 40.6 Å². The molecule has 0 spiro atoms. The summed E-state index contributed by atoms with van der Waals surface area (Å²) < 4.78 is 0. The lowest BCUT2D eigenvalue weighted by Crippen LogP contribution is -2.58. The van der Waals surface area contributed by atoms with Gasteiger partial charge in [-0.05, 0) is 31.5 Å². The van der Waals surface area contributed by atoms with Crippen molar-refractivity contribution in [2.75, 3.05) is 18.0 Å². The molecule has 1 aromatic carbocycles. The van der Waals surface area contributed by atoms with Crippen LogP contribution in [0.2, 0.25) is 5.02 Å². The van der Waals surface area contributed by atoms with E-state index in [2.05, 4.69) is 0 Å². The highest BCUT2D eigenvalue weighted by Gasteiger charge is 2.36. The molecule has 1 aliphatic heterocycles. The second kappa shape index (κ2) is 6.06. The van der Waals surface area contributed by atoms with Crippen LogP contribution in [0.15, 0.2) is 18.2 Å². The fourth-order valence-electron chi connectivity index (χ4n) is 2.63. The number of carbonyl (C=O) groups is 2.